The Bertz CT molecular complexity index is 1470. The molecule has 0 saturated carbocycles. The summed E-state index contributed by atoms with van der Waals surface area (Å²) in [5, 5.41) is 6.18. The van der Waals surface area contributed by atoms with Gasteiger partial charge >= 0.3 is 0 Å². The topological polar surface area (TPSA) is 61.7 Å². The van der Waals surface area contributed by atoms with Crippen molar-refractivity contribution in [2.45, 2.75) is 44.3 Å². The number of amides is 1. The maximum Gasteiger partial charge on any atom is 0.251 e. The predicted molar refractivity (Wildman–Crippen MR) is 143 cm³/mol. The molecule has 4 aromatic rings. The first-order valence-electron chi connectivity index (χ1n) is 13.3. The molecule has 1 amide bonds. The minimum atomic E-state index is -0.678. The molecule has 2 N–H and O–H groups in total. The zero-order valence-electron chi connectivity index (χ0n) is 21.0. The van der Waals surface area contributed by atoms with Crippen LogP contribution >= 0.6 is 11.3 Å². The Morgan fingerprint density at radius 3 is 2.76 bits per heavy atom. The van der Waals surface area contributed by atoms with Crippen molar-refractivity contribution in [2.75, 3.05) is 32.7 Å². The molecule has 6 nitrogen and oxygen atoms in total. The van der Waals surface area contributed by atoms with Crippen molar-refractivity contribution in [1.29, 1.82) is 0 Å². The number of nitrogens with zero attached hydrogens (tertiary/aromatic N) is 3. The molecule has 2 aromatic heterocycles. The number of nitrogens with one attached hydrogen (secondary N) is 2. The molecule has 2 saturated heterocycles. The van der Waals surface area contributed by atoms with Crippen molar-refractivity contribution in [1.82, 2.24) is 24.9 Å². The Labute approximate surface area is 222 Å². The SMILES string of the molecule is O=C(NCCCN1CCC(F)CC1)c1ccc2c(c1)sc1nc(-c3cc(F)c(C4CCCN4)cc3F)cn12. The summed E-state index contributed by atoms with van der Waals surface area (Å²) < 4.78 is 45.9. The van der Waals surface area contributed by atoms with Crippen molar-refractivity contribution >= 4 is 32.4 Å². The first-order chi connectivity index (χ1) is 18.5. The number of carbonyl (C=O) groups is 1. The van der Waals surface area contributed by atoms with Crippen LogP contribution in [0.2, 0.25) is 0 Å². The fourth-order valence-electron chi connectivity index (χ4n) is 5.48. The van der Waals surface area contributed by atoms with Crippen LogP contribution in [0.15, 0.2) is 36.5 Å². The van der Waals surface area contributed by atoms with Crippen molar-refractivity contribution in [3.8, 4) is 11.3 Å². The van der Waals surface area contributed by atoms with Gasteiger partial charge in [-0.1, -0.05) is 11.3 Å². The minimum Gasteiger partial charge on any atom is -0.352 e. The van der Waals surface area contributed by atoms with E-state index in [4.69, 9.17) is 0 Å². The maximum absolute atomic E-state index is 15.0. The molecule has 6 rings (SSSR count). The Morgan fingerprint density at radius 2 is 1.97 bits per heavy atom. The molecule has 2 aliphatic heterocycles. The van der Waals surface area contributed by atoms with E-state index in [0.29, 0.717) is 41.2 Å². The minimum absolute atomic E-state index is 0.137. The Hall–Kier alpha value is -2.95. The number of halogens is 3. The number of fused-ring (bicyclic) bond motifs is 3. The van der Waals surface area contributed by atoms with Gasteiger partial charge in [-0.15, -0.1) is 0 Å². The zero-order valence-corrected chi connectivity index (χ0v) is 21.8. The molecule has 10 heteroatoms. The molecule has 2 aliphatic rings. The number of benzene rings is 2. The highest BCUT2D eigenvalue weighted by atomic mass is 32.1. The number of hydrogen-bond acceptors (Lipinski definition) is 5. The smallest absolute Gasteiger partial charge is 0.251 e. The lowest BCUT2D eigenvalue weighted by Crippen LogP contribution is -2.36. The first-order valence-corrected chi connectivity index (χ1v) is 14.1. The largest absolute Gasteiger partial charge is 0.352 e. The third-order valence-electron chi connectivity index (χ3n) is 7.61. The average molecular weight is 542 g/mol. The number of carbonyl (C=O) groups excluding carboxylic acids is 1. The van der Waals surface area contributed by atoms with Gasteiger partial charge in [0.25, 0.3) is 5.91 Å². The Balaban J connectivity index is 1.14. The van der Waals surface area contributed by atoms with Gasteiger partial charge in [0.05, 0.1) is 15.9 Å². The van der Waals surface area contributed by atoms with Crippen LogP contribution in [0.5, 0.6) is 0 Å². The summed E-state index contributed by atoms with van der Waals surface area (Å²) in [4.78, 5) is 20.1. The molecule has 0 radical (unpaired) electrons. The molecule has 2 aromatic carbocycles. The maximum atomic E-state index is 15.0. The second-order valence-electron chi connectivity index (χ2n) is 10.2. The van der Waals surface area contributed by atoms with Gasteiger partial charge in [0.15, 0.2) is 4.96 Å². The van der Waals surface area contributed by atoms with Gasteiger partial charge in [-0.3, -0.25) is 9.20 Å². The third kappa shape index (κ3) is 5.04. The second kappa shape index (κ2) is 10.7. The summed E-state index contributed by atoms with van der Waals surface area (Å²) in [6, 6.07) is 7.82. The van der Waals surface area contributed by atoms with Gasteiger partial charge in [-0.05, 0) is 75.5 Å². The van der Waals surface area contributed by atoms with Crippen LogP contribution in [-0.2, 0) is 0 Å². The van der Waals surface area contributed by atoms with Crippen LogP contribution in [0.4, 0.5) is 13.2 Å². The summed E-state index contributed by atoms with van der Waals surface area (Å²) in [6.45, 7) is 3.77. The highest BCUT2D eigenvalue weighted by molar-refractivity contribution is 7.23. The lowest BCUT2D eigenvalue weighted by Gasteiger charge is -2.28. The number of rotatable bonds is 7. The van der Waals surface area contributed by atoms with Crippen LogP contribution in [0.3, 0.4) is 0 Å². The summed E-state index contributed by atoms with van der Waals surface area (Å²) in [5.41, 5.74) is 2.28. The number of thiazole rings is 1. The summed E-state index contributed by atoms with van der Waals surface area (Å²) in [5.74, 6) is -1.06. The molecular formula is C28H30F3N5OS. The third-order valence-corrected chi connectivity index (χ3v) is 8.63. The molecule has 38 heavy (non-hydrogen) atoms. The van der Waals surface area contributed by atoms with E-state index in [1.54, 1.807) is 12.3 Å². The lowest BCUT2D eigenvalue weighted by molar-refractivity contribution is 0.0950. The van der Waals surface area contributed by atoms with E-state index in [-0.39, 0.29) is 17.5 Å². The van der Waals surface area contributed by atoms with Crippen molar-refractivity contribution < 1.29 is 18.0 Å². The standard InChI is InChI=1S/C28H30F3N5OS/c29-18-6-11-35(12-7-18)10-2-9-33-27(37)17-4-5-25-26(13-17)38-28-34-24(16-36(25)28)20-15-21(30)19(14-22(20)31)23-3-1-8-32-23/h4-5,13-16,18,23,32H,1-3,6-12H2,(H,33,37). The zero-order chi connectivity index (χ0) is 26.2. The molecule has 2 fully saturated rings. The highest BCUT2D eigenvalue weighted by Gasteiger charge is 2.23. The van der Waals surface area contributed by atoms with Crippen molar-refractivity contribution in [3.05, 3.63) is 59.3 Å². The number of imidazole rings is 1. The van der Waals surface area contributed by atoms with Crippen LogP contribution in [0.1, 0.15) is 54.1 Å². The van der Waals surface area contributed by atoms with Crippen LogP contribution in [0, 0.1) is 11.6 Å². The van der Waals surface area contributed by atoms with E-state index in [9.17, 15) is 13.6 Å². The van der Waals surface area contributed by atoms with E-state index in [2.05, 4.69) is 20.5 Å². The van der Waals surface area contributed by atoms with E-state index >= 15 is 4.39 Å². The van der Waals surface area contributed by atoms with Gasteiger partial charge in [0.2, 0.25) is 0 Å². The van der Waals surface area contributed by atoms with E-state index in [0.717, 1.165) is 55.7 Å². The van der Waals surface area contributed by atoms with E-state index in [1.165, 1.54) is 23.5 Å². The quantitative estimate of drug-likeness (QED) is 0.305. The average Bonchev–Trinajstić information content (AvgIpc) is 3.65. The van der Waals surface area contributed by atoms with E-state index < -0.39 is 17.8 Å². The molecule has 0 bridgehead atoms. The molecule has 0 aliphatic carbocycles. The Kier molecular flexibility index (Phi) is 7.11. The molecular weight excluding hydrogens is 511 g/mol. The van der Waals surface area contributed by atoms with Crippen LogP contribution < -0.4 is 10.6 Å². The van der Waals surface area contributed by atoms with Gasteiger partial charge in [-0.25, -0.2) is 18.2 Å². The molecule has 0 spiro atoms. The number of piperidine rings is 1. The first kappa shape index (κ1) is 25.3. The summed E-state index contributed by atoms with van der Waals surface area (Å²) in [7, 11) is 0. The van der Waals surface area contributed by atoms with Crippen molar-refractivity contribution in [3.63, 3.8) is 0 Å². The summed E-state index contributed by atoms with van der Waals surface area (Å²) in [6.07, 6.45) is 4.77. The number of hydrogen-bond donors (Lipinski definition) is 2. The number of aromatic nitrogens is 2. The van der Waals surface area contributed by atoms with Crippen LogP contribution in [0.25, 0.3) is 26.4 Å². The van der Waals surface area contributed by atoms with Gasteiger partial charge in [-0.2, -0.15) is 0 Å². The fourth-order valence-corrected chi connectivity index (χ4v) is 6.53. The molecule has 1 atom stereocenters. The monoisotopic (exact) mass is 541 g/mol. The van der Waals surface area contributed by atoms with E-state index in [1.807, 2.05) is 16.5 Å². The Morgan fingerprint density at radius 1 is 1.13 bits per heavy atom. The number of alkyl halides is 1. The fraction of sp³-hybridized carbons (Fsp3) is 0.429. The summed E-state index contributed by atoms with van der Waals surface area (Å²) >= 11 is 1.40. The van der Waals surface area contributed by atoms with Crippen molar-refractivity contribution in [2.24, 2.45) is 0 Å². The molecule has 4 heterocycles. The highest BCUT2D eigenvalue weighted by Crippen LogP contribution is 2.34. The van der Waals surface area contributed by atoms with Gasteiger partial charge < -0.3 is 15.5 Å². The van der Waals surface area contributed by atoms with Gasteiger partial charge in [0, 0.05) is 48.6 Å². The number of likely N-dealkylation sites (tertiary alicyclic amines) is 1. The lowest BCUT2D eigenvalue weighted by atomic mass is 10.0. The second-order valence-corrected chi connectivity index (χ2v) is 11.2. The van der Waals surface area contributed by atoms with Crippen LogP contribution in [-0.4, -0.2) is 59.1 Å². The molecule has 1 unspecified atom stereocenters. The predicted octanol–water partition coefficient (Wildman–Crippen LogP) is 5.47. The normalized spacial score (nSPS) is 19.1. The van der Waals surface area contributed by atoms with Gasteiger partial charge in [0.1, 0.15) is 17.8 Å². The molecule has 200 valence electrons.